The Bertz CT molecular complexity index is 728. The molecule has 0 saturated carbocycles. The van der Waals surface area contributed by atoms with Crippen molar-refractivity contribution < 1.29 is 9.53 Å². The number of nitrogens with two attached hydrogens (primary N) is 1. The molecule has 118 valence electrons. The second kappa shape index (κ2) is 5.54. The van der Waals surface area contributed by atoms with Crippen molar-refractivity contribution in [1.29, 1.82) is 0 Å². The van der Waals surface area contributed by atoms with E-state index in [1.807, 2.05) is 20.8 Å². The summed E-state index contributed by atoms with van der Waals surface area (Å²) in [7, 11) is 0. The van der Waals surface area contributed by atoms with Crippen LogP contribution in [0.4, 0.5) is 5.69 Å². The van der Waals surface area contributed by atoms with Gasteiger partial charge in [-0.25, -0.2) is 9.78 Å². The van der Waals surface area contributed by atoms with Crippen molar-refractivity contribution in [2.75, 3.05) is 5.73 Å². The van der Waals surface area contributed by atoms with Gasteiger partial charge in [-0.3, -0.25) is 0 Å². The van der Waals surface area contributed by atoms with E-state index in [2.05, 4.69) is 6.07 Å². The van der Waals surface area contributed by atoms with Crippen LogP contribution in [0, 0.1) is 0 Å². The molecule has 0 radical (unpaired) electrons. The highest BCUT2D eigenvalue weighted by atomic mass is 32.1. The predicted molar refractivity (Wildman–Crippen MR) is 90.5 cm³/mol. The minimum absolute atomic E-state index is 0.358. The van der Waals surface area contributed by atoms with E-state index in [1.165, 1.54) is 41.9 Å². The zero-order chi connectivity index (χ0) is 15.9. The number of fused-ring (bicyclic) bond motifs is 2. The third kappa shape index (κ3) is 2.95. The third-order valence-corrected chi connectivity index (χ3v) is 4.93. The van der Waals surface area contributed by atoms with Crippen molar-refractivity contribution in [1.82, 2.24) is 4.98 Å². The van der Waals surface area contributed by atoms with Crippen LogP contribution >= 0.6 is 11.3 Å². The van der Waals surface area contributed by atoms with Crippen LogP contribution in [0.25, 0.3) is 10.2 Å². The maximum absolute atomic E-state index is 12.3. The first-order chi connectivity index (χ1) is 10.3. The highest BCUT2D eigenvalue weighted by Crippen LogP contribution is 2.36. The molecular formula is C17H22N2O2S. The average Bonchev–Trinajstić information content (AvgIpc) is 2.59. The first-order valence-corrected chi connectivity index (χ1v) is 8.61. The molecule has 2 N–H and O–H groups in total. The molecule has 0 unspecified atom stereocenters. The fourth-order valence-corrected chi connectivity index (χ4v) is 3.79. The molecule has 0 aromatic carbocycles. The summed E-state index contributed by atoms with van der Waals surface area (Å²) in [5.74, 6) is -0.358. The summed E-state index contributed by atoms with van der Waals surface area (Å²) in [6, 6.07) is 2.13. The average molecular weight is 318 g/mol. The van der Waals surface area contributed by atoms with Crippen LogP contribution in [0.2, 0.25) is 0 Å². The molecule has 5 heteroatoms. The van der Waals surface area contributed by atoms with Crippen LogP contribution < -0.4 is 5.73 Å². The Labute approximate surface area is 134 Å². The molecule has 22 heavy (non-hydrogen) atoms. The number of esters is 1. The molecule has 0 atom stereocenters. The van der Waals surface area contributed by atoms with Crippen LogP contribution in [-0.2, 0) is 17.6 Å². The molecule has 0 amide bonds. The molecular weight excluding hydrogens is 296 g/mol. The Morgan fingerprint density at radius 3 is 2.73 bits per heavy atom. The van der Waals surface area contributed by atoms with Gasteiger partial charge in [-0.2, -0.15) is 0 Å². The van der Waals surface area contributed by atoms with Crippen LogP contribution in [-0.4, -0.2) is 16.6 Å². The van der Waals surface area contributed by atoms with Gasteiger partial charge < -0.3 is 10.5 Å². The van der Waals surface area contributed by atoms with Gasteiger partial charge >= 0.3 is 5.97 Å². The second-order valence-electron chi connectivity index (χ2n) is 6.85. The van der Waals surface area contributed by atoms with Gasteiger partial charge in [0.1, 0.15) is 15.3 Å². The summed E-state index contributed by atoms with van der Waals surface area (Å²) in [6.07, 6.45) is 5.71. The number of carbonyl (C=O) groups is 1. The van der Waals surface area contributed by atoms with E-state index >= 15 is 0 Å². The maximum Gasteiger partial charge on any atom is 0.351 e. The number of carbonyl (C=O) groups excluding carboxylic acids is 1. The van der Waals surface area contributed by atoms with E-state index in [4.69, 9.17) is 15.5 Å². The van der Waals surface area contributed by atoms with Crippen molar-refractivity contribution in [3.63, 3.8) is 0 Å². The molecule has 0 fully saturated rings. The largest absolute Gasteiger partial charge is 0.456 e. The van der Waals surface area contributed by atoms with E-state index in [0.29, 0.717) is 10.6 Å². The number of ether oxygens (including phenoxy) is 1. The number of hydrogen-bond acceptors (Lipinski definition) is 5. The molecule has 1 aliphatic carbocycles. The van der Waals surface area contributed by atoms with Crippen molar-refractivity contribution in [3.05, 3.63) is 22.2 Å². The molecule has 0 spiro atoms. The van der Waals surface area contributed by atoms with Crippen molar-refractivity contribution in [2.24, 2.45) is 0 Å². The molecule has 0 aliphatic heterocycles. The number of aryl methyl sites for hydroxylation is 2. The quantitative estimate of drug-likeness (QED) is 0.635. The van der Waals surface area contributed by atoms with Gasteiger partial charge in [-0.05, 0) is 58.1 Å². The predicted octanol–water partition coefficient (Wildman–Crippen LogP) is 4.10. The lowest BCUT2D eigenvalue weighted by atomic mass is 10.1. The van der Waals surface area contributed by atoms with Crippen LogP contribution in [0.3, 0.4) is 0 Å². The SMILES string of the molecule is CC(C)(C)OC(=O)c1sc2nc3c(cc2c1N)CCCCC3. The Hall–Kier alpha value is -1.62. The number of hydrogen-bond donors (Lipinski definition) is 1. The Morgan fingerprint density at radius 1 is 1.27 bits per heavy atom. The minimum atomic E-state index is -0.524. The van der Waals surface area contributed by atoms with Gasteiger partial charge in [0.25, 0.3) is 0 Å². The summed E-state index contributed by atoms with van der Waals surface area (Å²) < 4.78 is 5.44. The topological polar surface area (TPSA) is 65.2 Å². The monoisotopic (exact) mass is 318 g/mol. The molecule has 3 rings (SSSR count). The molecule has 2 aromatic heterocycles. The zero-order valence-electron chi connectivity index (χ0n) is 13.4. The highest BCUT2D eigenvalue weighted by molar-refractivity contribution is 7.21. The molecule has 2 heterocycles. The smallest absolute Gasteiger partial charge is 0.351 e. The summed E-state index contributed by atoms with van der Waals surface area (Å²) in [5.41, 5.74) is 8.64. The summed E-state index contributed by atoms with van der Waals surface area (Å²) in [6.45, 7) is 5.57. The number of aromatic nitrogens is 1. The number of rotatable bonds is 1. The first-order valence-electron chi connectivity index (χ1n) is 7.79. The first kappa shape index (κ1) is 15.3. The number of nitrogen functional groups attached to an aromatic ring is 1. The summed E-state index contributed by atoms with van der Waals surface area (Å²) in [5, 5.41) is 0.895. The standard InChI is InChI=1S/C17H22N2O2S/c1-17(2,3)21-16(20)14-13(18)11-9-10-7-5-4-6-8-12(10)19-15(11)22-14/h9H,4-8,18H2,1-3H3. The molecule has 4 nitrogen and oxygen atoms in total. The molecule has 0 bridgehead atoms. The van der Waals surface area contributed by atoms with Crippen LogP contribution in [0.15, 0.2) is 6.07 Å². The summed E-state index contributed by atoms with van der Waals surface area (Å²) in [4.78, 5) is 18.4. The van der Waals surface area contributed by atoms with Crippen molar-refractivity contribution >= 4 is 33.2 Å². The minimum Gasteiger partial charge on any atom is -0.456 e. The lowest BCUT2D eigenvalue weighted by Crippen LogP contribution is -2.23. The second-order valence-corrected chi connectivity index (χ2v) is 7.85. The maximum atomic E-state index is 12.3. The molecule has 0 saturated heterocycles. The van der Waals surface area contributed by atoms with Gasteiger partial charge in [0.05, 0.1) is 5.69 Å². The van der Waals surface area contributed by atoms with Gasteiger partial charge in [0.15, 0.2) is 0 Å². The fourth-order valence-electron chi connectivity index (χ4n) is 2.81. The van der Waals surface area contributed by atoms with Gasteiger partial charge in [-0.1, -0.05) is 6.42 Å². The van der Waals surface area contributed by atoms with Crippen LogP contribution in [0.1, 0.15) is 61.0 Å². The van der Waals surface area contributed by atoms with Crippen LogP contribution in [0.5, 0.6) is 0 Å². The molecule has 2 aromatic rings. The number of nitrogens with zero attached hydrogens (tertiary/aromatic N) is 1. The molecule has 1 aliphatic rings. The highest BCUT2D eigenvalue weighted by Gasteiger charge is 2.24. The lowest BCUT2D eigenvalue weighted by Gasteiger charge is -2.18. The normalized spacial score (nSPS) is 15.4. The number of anilines is 1. The van der Waals surface area contributed by atoms with Gasteiger partial charge in [0.2, 0.25) is 0 Å². The fraction of sp³-hybridized carbons (Fsp3) is 0.529. The lowest BCUT2D eigenvalue weighted by molar-refractivity contribution is 0.00764. The van der Waals surface area contributed by atoms with Crippen molar-refractivity contribution in [2.45, 2.75) is 58.5 Å². The zero-order valence-corrected chi connectivity index (χ0v) is 14.2. The van der Waals surface area contributed by atoms with E-state index in [1.54, 1.807) is 0 Å². The van der Waals surface area contributed by atoms with E-state index in [0.717, 1.165) is 23.1 Å². The Kier molecular flexibility index (Phi) is 3.85. The van der Waals surface area contributed by atoms with Gasteiger partial charge in [0, 0.05) is 11.1 Å². The van der Waals surface area contributed by atoms with E-state index in [9.17, 15) is 4.79 Å². The summed E-state index contributed by atoms with van der Waals surface area (Å²) >= 11 is 1.34. The van der Waals surface area contributed by atoms with E-state index in [-0.39, 0.29) is 5.97 Å². The Morgan fingerprint density at radius 2 is 2.00 bits per heavy atom. The number of pyridine rings is 1. The van der Waals surface area contributed by atoms with Crippen molar-refractivity contribution in [3.8, 4) is 0 Å². The number of thiophene rings is 1. The van der Waals surface area contributed by atoms with E-state index < -0.39 is 5.60 Å². The third-order valence-electron chi connectivity index (χ3n) is 3.83. The Balaban J connectivity index is 2.04. The van der Waals surface area contributed by atoms with Gasteiger partial charge in [-0.15, -0.1) is 11.3 Å².